The van der Waals surface area contributed by atoms with Crippen LogP contribution in [0.15, 0.2) is 52.9 Å². The smallest absolute Gasteiger partial charge is 0.248 e. The Morgan fingerprint density at radius 3 is 1.93 bits per heavy atom. The number of aromatic nitrogens is 2. The van der Waals surface area contributed by atoms with Crippen LogP contribution in [0.4, 0.5) is 0 Å². The van der Waals surface area contributed by atoms with Gasteiger partial charge in [-0.2, -0.15) is 0 Å². The van der Waals surface area contributed by atoms with Crippen molar-refractivity contribution in [2.75, 3.05) is 0 Å². The second-order valence-corrected chi connectivity index (χ2v) is 6.95. The summed E-state index contributed by atoms with van der Waals surface area (Å²) in [4.78, 5) is 10.1. The second kappa shape index (κ2) is 7.72. The first-order chi connectivity index (χ1) is 13.0. The summed E-state index contributed by atoms with van der Waals surface area (Å²) < 4.78 is 5.81. The minimum absolute atomic E-state index is 0.0992. The number of rotatable bonds is 2. The first-order valence-corrected chi connectivity index (χ1v) is 8.47. The van der Waals surface area contributed by atoms with E-state index < -0.39 is 0 Å². The molecule has 0 N–H and O–H groups in total. The van der Waals surface area contributed by atoms with Crippen molar-refractivity contribution in [1.29, 1.82) is 0 Å². The maximum atomic E-state index is 10.1. The van der Waals surface area contributed by atoms with Crippen LogP contribution in [-0.2, 0) is 10.2 Å². The number of carbonyl (C=O) groups excluding carboxylic acids is 1. The number of carbonyl (C=O) groups is 1. The average Bonchev–Trinajstić information content (AvgIpc) is 3.15. The summed E-state index contributed by atoms with van der Waals surface area (Å²) in [7, 11) is 0. The summed E-state index contributed by atoms with van der Waals surface area (Å²) in [5, 5.41) is 8.29. The van der Waals surface area contributed by atoms with Crippen molar-refractivity contribution >= 4 is 6.29 Å². The molecule has 0 radical (unpaired) electrons. The van der Waals surface area contributed by atoms with E-state index in [1.54, 1.807) is 0 Å². The maximum Gasteiger partial charge on any atom is 0.248 e. The van der Waals surface area contributed by atoms with Gasteiger partial charge in [-0.3, -0.25) is 4.79 Å². The van der Waals surface area contributed by atoms with Gasteiger partial charge in [0.1, 0.15) is 0 Å². The highest BCUT2D eigenvalue weighted by atomic mass is 16.4. The van der Waals surface area contributed by atoms with Crippen LogP contribution >= 0.6 is 0 Å². The molecular weight excluding hydrogens is 336 g/mol. The fraction of sp³-hybridized carbons (Fsp3) is 0.174. The highest BCUT2D eigenvalue weighted by Gasteiger charge is 2.15. The van der Waals surface area contributed by atoms with Crippen LogP contribution in [0, 0.1) is 23.7 Å². The Hall–Kier alpha value is -3.63. The average molecular weight is 354 g/mol. The lowest BCUT2D eigenvalue weighted by molar-refractivity contribution is -0.103. The Labute approximate surface area is 158 Å². The van der Waals surface area contributed by atoms with Gasteiger partial charge in [-0.25, -0.2) is 0 Å². The van der Waals surface area contributed by atoms with Gasteiger partial charge in [-0.15, -0.1) is 10.2 Å². The van der Waals surface area contributed by atoms with Crippen molar-refractivity contribution in [1.82, 2.24) is 10.2 Å². The topological polar surface area (TPSA) is 56.0 Å². The molecule has 4 heteroatoms. The molecule has 0 aliphatic rings. The number of aldehydes is 1. The SMILES string of the molecule is CC(C)(C)c1ccc(-c2nnc(-c3ccc(C#CC#CC=O)cc3)o2)cc1. The molecule has 0 aliphatic heterocycles. The van der Waals surface area contributed by atoms with Gasteiger partial charge in [0, 0.05) is 16.7 Å². The van der Waals surface area contributed by atoms with E-state index in [2.05, 4.69) is 66.8 Å². The predicted molar refractivity (Wildman–Crippen MR) is 105 cm³/mol. The number of benzene rings is 2. The van der Waals surface area contributed by atoms with Crippen molar-refractivity contribution in [3.63, 3.8) is 0 Å². The monoisotopic (exact) mass is 354 g/mol. The van der Waals surface area contributed by atoms with E-state index in [0.29, 0.717) is 18.1 Å². The standard InChI is InChI=1S/C23H18N2O2/c1-23(2,3)20-14-12-19(13-15-20)22-25-24-21(27-22)18-10-8-17(9-11-18)7-5-4-6-16-26/h8-16H,1-3H3. The largest absolute Gasteiger partial charge is 0.416 e. The summed E-state index contributed by atoms with van der Waals surface area (Å²) in [6, 6.07) is 15.6. The van der Waals surface area contributed by atoms with Gasteiger partial charge in [0.25, 0.3) is 0 Å². The van der Waals surface area contributed by atoms with E-state index >= 15 is 0 Å². The number of nitrogens with zero attached hydrogens (tertiary/aromatic N) is 2. The van der Waals surface area contributed by atoms with Gasteiger partial charge in [0.15, 0.2) is 6.29 Å². The van der Waals surface area contributed by atoms with Crippen molar-refractivity contribution in [3.05, 3.63) is 59.7 Å². The van der Waals surface area contributed by atoms with Crippen LogP contribution in [0.25, 0.3) is 22.9 Å². The molecule has 1 aromatic heterocycles. The molecule has 1 heterocycles. The molecule has 0 saturated carbocycles. The lowest BCUT2D eigenvalue weighted by Crippen LogP contribution is -2.10. The van der Waals surface area contributed by atoms with Gasteiger partial charge < -0.3 is 4.42 Å². The van der Waals surface area contributed by atoms with Gasteiger partial charge in [0.05, 0.1) is 0 Å². The van der Waals surface area contributed by atoms with E-state index in [0.717, 1.165) is 16.7 Å². The van der Waals surface area contributed by atoms with Crippen molar-refractivity contribution < 1.29 is 9.21 Å². The highest BCUT2D eigenvalue weighted by Crippen LogP contribution is 2.27. The Balaban J connectivity index is 1.79. The molecule has 0 aliphatic carbocycles. The fourth-order valence-corrected chi connectivity index (χ4v) is 2.43. The van der Waals surface area contributed by atoms with Gasteiger partial charge in [0.2, 0.25) is 11.8 Å². The van der Waals surface area contributed by atoms with Crippen LogP contribution in [0.1, 0.15) is 31.9 Å². The van der Waals surface area contributed by atoms with E-state index in [9.17, 15) is 4.79 Å². The molecule has 2 aromatic carbocycles. The third kappa shape index (κ3) is 4.51. The molecule has 27 heavy (non-hydrogen) atoms. The summed E-state index contributed by atoms with van der Waals surface area (Å²) in [6.45, 7) is 6.53. The highest BCUT2D eigenvalue weighted by molar-refractivity contribution is 5.73. The molecule has 0 atom stereocenters. The van der Waals surface area contributed by atoms with E-state index in [-0.39, 0.29) is 5.41 Å². The molecule has 0 fully saturated rings. The van der Waals surface area contributed by atoms with Crippen molar-refractivity contribution in [2.45, 2.75) is 26.2 Å². The minimum atomic E-state index is 0.0992. The van der Waals surface area contributed by atoms with Crippen LogP contribution in [0.2, 0.25) is 0 Å². The summed E-state index contributed by atoms with van der Waals surface area (Å²) in [5.41, 5.74) is 3.83. The number of hydrogen-bond donors (Lipinski definition) is 0. The first kappa shape index (κ1) is 18.2. The van der Waals surface area contributed by atoms with Crippen LogP contribution in [0.3, 0.4) is 0 Å². The quantitative estimate of drug-likeness (QED) is 0.510. The maximum absolute atomic E-state index is 10.1. The zero-order chi connectivity index (χ0) is 19.3. The molecule has 0 saturated heterocycles. The Kier molecular flexibility index (Phi) is 5.20. The van der Waals surface area contributed by atoms with Crippen molar-refractivity contribution in [2.24, 2.45) is 0 Å². The zero-order valence-electron chi connectivity index (χ0n) is 15.4. The Bertz CT molecular complexity index is 1060. The zero-order valence-corrected chi connectivity index (χ0v) is 15.4. The second-order valence-electron chi connectivity index (χ2n) is 6.95. The summed E-state index contributed by atoms with van der Waals surface area (Å²) >= 11 is 0. The molecular formula is C23H18N2O2. The number of hydrogen-bond acceptors (Lipinski definition) is 4. The molecule has 3 rings (SSSR count). The van der Waals surface area contributed by atoms with E-state index in [1.807, 2.05) is 36.4 Å². The molecule has 0 amide bonds. The van der Waals surface area contributed by atoms with Gasteiger partial charge in [-0.05, 0) is 65.1 Å². The van der Waals surface area contributed by atoms with Crippen LogP contribution in [0.5, 0.6) is 0 Å². The summed E-state index contributed by atoms with van der Waals surface area (Å²) in [6.07, 6.45) is 0.515. The molecule has 0 bridgehead atoms. The molecule has 4 nitrogen and oxygen atoms in total. The van der Waals surface area contributed by atoms with Crippen LogP contribution in [-0.4, -0.2) is 16.5 Å². The third-order valence-corrected chi connectivity index (χ3v) is 3.96. The predicted octanol–water partition coefficient (Wildman–Crippen LogP) is 4.25. The molecule has 132 valence electrons. The van der Waals surface area contributed by atoms with Gasteiger partial charge in [-0.1, -0.05) is 38.8 Å². The Morgan fingerprint density at radius 1 is 0.852 bits per heavy atom. The normalized spacial score (nSPS) is 10.3. The fourth-order valence-electron chi connectivity index (χ4n) is 2.43. The van der Waals surface area contributed by atoms with E-state index in [4.69, 9.17) is 4.42 Å². The Morgan fingerprint density at radius 2 is 1.41 bits per heavy atom. The first-order valence-electron chi connectivity index (χ1n) is 8.47. The third-order valence-electron chi connectivity index (χ3n) is 3.96. The van der Waals surface area contributed by atoms with Gasteiger partial charge >= 0.3 is 0 Å². The molecule has 0 spiro atoms. The molecule has 0 unspecified atom stereocenters. The summed E-state index contributed by atoms with van der Waals surface area (Å²) in [5.74, 6) is 11.1. The van der Waals surface area contributed by atoms with E-state index in [1.165, 1.54) is 5.56 Å². The lowest BCUT2D eigenvalue weighted by Gasteiger charge is -2.18. The molecule has 3 aromatic rings. The van der Waals surface area contributed by atoms with Crippen LogP contribution < -0.4 is 0 Å². The minimum Gasteiger partial charge on any atom is -0.416 e. The lowest BCUT2D eigenvalue weighted by atomic mass is 9.87. The van der Waals surface area contributed by atoms with Crippen molar-refractivity contribution in [3.8, 4) is 46.6 Å².